The zero-order chi connectivity index (χ0) is 17.1. The number of benzene rings is 1. The first-order valence-electron chi connectivity index (χ1n) is 7.69. The number of nitrogens with zero attached hydrogens (tertiary/aromatic N) is 3. The molecular weight excluding hydrogens is 314 g/mol. The standard InChI is InChI=1S/C17H18F2N4O/c1-22-7-9-23(10-8-22)16-13(3-2-6-20-16)17(24)21-15-11-12(18)4-5-14(15)19/h2-6,11H,7-10H2,1H3,(H,21,24). The van der Waals surface area contributed by atoms with Crippen molar-refractivity contribution in [3.05, 3.63) is 53.7 Å². The van der Waals surface area contributed by atoms with E-state index in [2.05, 4.69) is 15.2 Å². The molecule has 0 bridgehead atoms. The van der Waals surface area contributed by atoms with Crippen LogP contribution in [0, 0.1) is 11.6 Å². The zero-order valence-electron chi connectivity index (χ0n) is 13.3. The molecule has 2 heterocycles. The fraction of sp³-hybridized carbons (Fsp3) is 0.294. The van der Waals surface area contributed by atoms with Gasteiger partial charge in [0.2, 0.25) is 0 Å². The molecule has 1 aromatic heterocycles. The summed E-state index contributed by atoms with van der Waals surface area (Å²) in [5.41, 5.74) is 0.152. The molecule has 5 nitrogen and oxygen atoms in total. The lowest BCUT2D eigenvalue weighted by molar-refractivity contribution is 0.102. The first kappa shape index (κ1) is 16.3. The van der Waals surface area contributed by atoms with Gasteiger partial charge in [-0.2, -0.15) is 0 Å². The van der Waals surface area contributed by atoms with Gasteiger partial charge in [-0.15, -0.1) is 0 Å². The van der Waals surface area contributed by atoms with E-state index in [1.807, 2.05) is 11.9 Å². The summed E-state index contributed by atoms with van der Waals surface area (Å²) in [7, 11) is 2.04. The van der Waals surface area contributed by atoms with Crippen LogP contribution < -0.4 is 10.2 Å². The smallest absolute Gasteiger partial charge is 0.259 e. The maximum absolute atomic E-state index is 13.7. The summed E-state index contributed by atoms with van der Waals surface area (Å²) in [4.78, 5) is 21.1. The van der Waals surface area contributed by atoms with Crippen LogP contribution in [0.1, 0.15) is 10.4 Å². The molecular formula is C17H18F2N4O. The Morgan fingerprint density at radius 1 is 1.17 bits per heavy atom. The number of nitrogens with one attached hydrogen (secondary N) is 1. The molecule has 1 amide bonds. The lowest BCUT2D eigenvalue weighted by atomic mass is 10.2. The van der Waals surface area contributed by atoms with Crippen molar-refractivity contribution < 1.29 is 13.6 Å². The Labute approximate surface area is 138 Å². The second kappa shape index (κ2) is 6.92. The summed E-state index contributed by atoms with van der Waals surface area (Å²) >= 11 is 0. The maximum Gasteiger partial charge on any atom is 0.259 e. The van der Waals surface area contributed by atoms with Crippen molar-refractivity contribution in [3.63, 3.8) is 0 Å². The average Bonchev–Trinajstić information content (AvgIpc) is 2.59. The van der Waals surface area contributed by atoms with Gasteiger partial charge in [0.25, 0.3) is 5.91 Å². The molecule has 1 fully saturated rings. The van der Waals surface area contributed by atoms with Crippen LogP contribution in [0.3, 0.4) is 0 Å². The van der Waals surface area contributed by atoms with E-state index >= 15 is 0 Å². The Hall–Kier alpha value is -2.54. The molecule has 2 aromatic rings. The predicted octanol–water partition coefficient (Wildman–Crippen LogP) is 2.36. The van der Waals surface area contributed by atoms with Crippen LogP contribution >= 0.6 is 0 Å². The van der Waals surface area contributed by atoms with Crippen molar-refractivity contribution in [2.24, 2.45) is 0 Å². The van der Waals surface area contributed by atoms with Gasteiger partial charge >= 0.3 is 0 Å². The molecule has 0 unspecified atom stereocenters. The number of pyridine rings is 1. The van der Waals surface area contributed by atoms with E-state index in [1.54, 1.807) is 18.3 Å². The van der Waals surface area contributed by atoms with Gasteiger partial charge < -0.3 is 15.1 Å². The molecule has 0 radical (unpaired) electrons. The second-order valence-corrected chi connectivity index (χ2v) is 5.74. The normalized spacial score (nSPS) is 15.4. The van der Waals surface area contributed by atoms with Crippen LogP contribution in [-0.2, 0) is 0 Å². The highest BCUT2D eigenvalue weighted by Gasteiger charge is 2.21. The van der Waals surface area contributed by atoms with Crippen molar-refractivity contribution in [3.8, 4) is 0 Å². The number of amides is 1. The third-order valence-corrected chi connectivity index (χ3v) is 4.01. The topological polar surface area (TPSA) is 48.5 Å². The van der Waals surface area contributed by atoms with Crippen molar-refractivity contribution in [1.82, 2.24) is 9.88 Å². The van der Waals surface area contributed by atoms with E-state index in [0.717, 1.165) is 44.4 Å². The molecule has 3 rings (SSSR count). The Kier molecular flexibility index (Phi) is 4.71. The zero-order valence-corrected chi connectivity index (χ0v) is 13.3. The molecule has 1 aromatic carbocycles. The Bertz CT molecular complexity index is 745. The van der Waals surface area contributed by atoms with E-state index in [4.69, 9.17) is 0 Å². The van der Waals surface area contributed by atoms with Crippen LogP contribution in [0.4, 0.5) is 20.3 Å². The third kappa shape index (κ3) is 3.51. The molecule has 0 atom stereocenters. The van der Waals surface area contributed by atoms with Gasteiger partial charge in [-0.25, -0.2) is 13.8 Å². The monoisotopic (exact) mass is 332 g/mol. The van der Waals surface area contributed by atoms with Crippen LogP contribution in [0.25, 0.3) is 0 Å². The van der Waals surface area contributed by atoms with E-state index in [1.165, 1.54) is 0 Å². The summed E-state index contributed by atoms with van der Waals surface area (Å²) < 4.78 is 27.0. The Morgan fingerprint density at radius 3 is 2.67 bits per heavy atom. The molecule has 0 saturated carbocycles. The summed E-state index contributed by atoms with van der Waals surface area (Å²) in [6.07, 6.45) is 1.62. The predicted molar refractivity (Wildman–Crippen MR) is 88.3 cm³/mol. The maximum atomic E-state index is 13.7. The number of carbonyl (C=O) groups is 1. The lowest BCUT2D eigenvalue weighted by Crippen LogP contribution is -2.45. The fourth-order valence-corrected chi connectivity index (χ4v) is 2.63. The highest BCUT2D eigenvalue weighted by Crippen LogP contribution is 2.22. The van der Waals surface area contributed by atoms with E-state index in [9.17, 15) is 13.6 Å². The molecule has 126 valence electrons. The van der Waals surface area contributed by atoms with E-state index in [-0.39, 0.29) is 5.69 Å². The molecule has 1 N–H and O–H groups in total. The van der Waals surface area contributed by atoms with E-state index in [0.29, 0.717) is 11.4 Å². The van der Waals surface area contributed by atoms with Gasteiger partial charge in [-0.3, -0.25) is 4.79 Å². The largest absolute Gasteiger partial charge is 0.353 e. The SMILES string of the molecule is CN1CCN(c2ncccc2C(=O)Nc2cc(F)ccc2F)CC1. The summed E-state index contributed by atoms with van der Waals surface area (Å²) in [6, 6.07) is 6.23. The molecule has 1 saturated heterocycles. The first-order chi connectivity index (χ1) is 11.5. The molecule has 7 heteroatoms. The third-order valence-electron chi connectivity index (χ3n) is 4.01. The van der Waals surface area contributed by atoms with Crippen LogP contribution in [0.5, 0.6) is 0 Å². The number of aromatic nitrogens is 1. The molecule has 1 aliphatic rings. The fourth-order valence-electron chi connectivity index (χ4n) is 2.63. The highest BCUT2D eigenvalue weighted by molar-refractivity contribution is 6.07. The van der Waals surface area contributed by atoms with Crippen LogP contribution in [0.15, 0.2) is 36.5 Å². The number of hydrogen-bond acceptors (Lipinski definition) is 4. The number of piperazine rings is 1. The summed E-state index contributed by atoms with van der Waals surface area (Å²) in [5, 5.41) is 2.42. The molecule has 1 aliphatic heterocycles. The number of carbonyl (C=O) groups excluding carboxylic acids is 1. The molecule has 24 heavy (non-hydrogen) atoms. The summed E-state index contributed by atoms with van der Waals surface area (Å²) in [5.74, 6) is -1.26. The quantitative estimate of drug-likeness (QED) is 0.937. The highest BCUT2D eigenvalue weighted by atomic mass is 19.1. The second-order valence-electron chi connectivity index (χ2n) is 5.74. The van der Waals surface area contributed by atoms with Gasteiger partial charge in [0.15, 0.2) is 0 Å². The van der Waals surface area contributed by atoms with Gasteiger partial charge in [0.05, 0.1) is 11.3 Å². The average molecular weight is 332 g/mol. The van der Waals surface area contributed by atoms with E-state index < -0.39 is 17.5 Å². The van der Waals surface area contributed by atoms with Gasteiger partial charge in [-0.05, 0) is 31.3 Å². The minimum Gasteiger partial charge on any atom is -0.353 e. The minimum atomic E-state index is -0.685. The number of halogens is 2. The van der Waals surface area contributed by atoms with Gasteiger partial charge in [0, 0.05) is 38.4 Å². The Balaban J connectivity index is 1.84. The van der Waals surface area contributed by atoms with Gasteiger partial charge in [0.1, 0.15) is 17.5 Å². The molecule has 0 aliphatic carbocycles. The van der Waals surface area contributed by atoms with Crippen LogP contribution in [0.2, 0.25) is 0 Å². The minimum absolute atomic E-state index is 0.187. The van der Waals surface area contributed by atoms with Crippen molar-refractivity contribution in [1.29, 1.82) is 0 Å². The van der Waals surface area contributed by atoms with Crippen molar-refractivity contribution in [2.45, 2.75) is 0 Å². The summed E-state index contributed by atoms with van der Waals surface area (Å²) in [6.45, 7) is 3.25. The van der Waals surface area contributed by atoms with Gasteiger partial charge in [-0.1, -0.05) is 0 Å². The number of anilines is 2. The lowest BCUT2D eigenvalue weighted by Gasteiger charge is -2.34. The number of likely N-dealkylation sites (N-methyl/N-ethyl adjacent to an activating group) is 1. The molecule has 0 spiro atoms. The van der Waals surface area contributed by atoms with Crippen molar-refractivity contribution >= 4 is 17.4 Å². The number of hydrogen-bond donors (Lipinski definition) is 1. The first-order valence-corrected chi connectivity index (χ1v) is 7.69. The number of rotatable bonds is 3. The van der Waals surface area contributed by atoms with Crippen molar-refractivity contribution in [2.75, 3.05) is 43.4 Å². The van der Waals surface area contributed by atoms with Crippen LogP contribution in [-0.4, -0.2) is 49.0 Å². The Morgan fingerprint density at radius 2 is 1.92 bits per heavy atom.